The van der Waals surface area contributed by atoms with Crippen molar-refractivity contribution in [1.82, 2.24) is 10.2 Å². The van der Waals surface area contributed by atoms with Crippen molar-refractivity contribution in [3.8, 4) is 6.07 Å². The first-order valence-corrected chi connectivity index (χ1v) is 8.84. The van der Waals surface area contributed by atoms with Gasteiger partial charge < -0.3 is 4.42 Å². The van der Waals surface area contributed by atoms with Gasteiger partial charge in [-0.1, -0.05) is 11.8 Å². The Balaban J connectivity index is 1.86. The average molecular weight is 301 g/mol. The maximum Gasteiger partial charge on any atom is 0.276 e. The Kier molecular flexibility index (Phi) is 4.47. The van der Waals surface area contributed by atoms with E-state index >= 15 is 0 Å². The molecule has 6 nitrogen and oxygen atoms in total. The molecule has 1 aliphatic rings. The highest BCUT2D eigenvalue weighted by Crippen LogP contribution is 2.24. The van der Waals surface area contributed by atoms with Crippen LogP contribution in [0.5, 0.6) is 0 Å². The Labute approximate surface area is 116 Å². The first-order chi connectivity index (χ1) is 8.98. The van der Waals surface area contributed by atoms with E-state index in [9.17, 15) is 8.42 Å². The summed E-state index contributed by atoms with van der Waals surface area (Å²) in [5.41, 5.74) is 0. The van der Waals surface area contributed by atoms with E-state index in [-0.39, 0.29) is 23.3 Å². The normalized spacial score (nSPS) is 23.1. The average Bonchev–Trinajstić information content (AvgIpc) is 2.93. The summed E-state index contributed by atoms with van der Waals surface area (Å²) < 4.78 is 28.1. The minimum atomic E-state index is -2.86. The number of aromatic nitrogens is 2. The number of nitriles is 1. The highest BCUT2D eigenvalue weighted by Gasteiger charge is 2.29. The van der Waals surface area contributed by atoms with Crippen LogP contribution >= 0.6 is 11.8 Å². The van der Waals surface area contributed by atoms with E-state index in [1.54, 1.807) is 0 Å². The third kappa shape index (κ3) is 4.21. The minimum Gasteiger partial charge on any atom is -0.416 e. The van der Waals surface area contributed by atoms with Crippen molar-refractivity contribution >= 4 is 21.6 Å². The molecule has 2 heterocycles. The molecule has 1 fully saturated rings. The molecular formula is C11H15N3O3S2. The van der Waals surface area contributed by atoms with E-state index in [0.717, 1.165) is 0 Å². The SMILES string of the molecule is C[C@@H](C#N)CSc1nnc(C[C@H]2CCS(=O)(=O)C2)o1. The van der Waals surface area contributed by atoms with Gasteiger partial charge in [0.25, 0.3) is 5.22 Å². The number of hydrogen-bond donors (Lipinski definition) is 0. The van der Waals surface area contributed by atoms with Gasteiger partial charge in [-0.25, -0.2) is 8.42 Å². The molecule has 0 unspecified atom stereocenters. The first-order valence-electron chi connectivity index (χ1n) is 6.04. The van der Waals surface area contributed by atoms with Gasteiger partial charge in [0.1, 0.15) is 0 Å². The zero-order valence-corrected chi connectivity index (χ0v) is 12.2. The second kappa shape index (κ2) is 5.92. The van der Waals surface area contributed by atoms with Crippen LogP contribution in [0.1, 0.15) is 19.2 Å². The molecule has 0 N–H and O–H groups in total. The molecule has 2 atom stereocenters. The molecule has 0 aliphatic carbocycles. The molecule has 8 heteroatoms. The van der Waals surface area contributed by atoms with Gasteiger partial charge in [0, 0.05) is 12.2 Å². The van der Waals surface area contributed by atoms with E-state index < -0.39 is 9.84 Å². The van der Waals surface area contributed by atoms with Gasteiger partial charge in [0.15, 0.2) is 9.84 Å². The molecule has 104 valence electrons. The summed E-state index contributed by atoms with van der Waals surface area (Å²) in [6.07, 6.45) is 1.18. The molecule has 0 amide bonds. The van der Waals surface area contributed by atoms with E-state index in [2.05, 4.69) is 16.3 Å². The van der Waals surface area contributed by atoms with Crippen LogP contribution in [-0.2, 0) is 16.3 Å². The molecular weight excluding hydrogens is 286 g/mol. The van der Waals surface area contributed by atoms with Crippen molar-refractivity contribution in [2.24, 2.45) is 11.8 Å². The summed E-state index contributed by atoms with van der Waals surface area (Å²) in [5, 5.41) is 16.9. The zero-order valence-electron chi connectivity index (χ0n) is 10.6. The molecule has 0 aromatic carbocycles. The number of sulfone groups is 1. The maximum atomic E-state index is 11.3. The first kappa shape index (κ1) is 14.3. The van der Waals surface area contributed by atoms with Crippen LogP contribution in [0.3, 0.4) is 0 Å². The summed E-state index contributed by atoms with van der Waals surface area (Å²) in [4.78, 5) is 0. The Morgan fingerprint density at radius 1 is 1.58 bits per heavy atom. The van der Waals surface area contributed by atoms with Gasteiger partial charge in [-0.3, -0.25) is 0 Å². The van der Waals surface area contributed by atoms with E-state index in [1.165, 1.54) is 11.8 Å². The van der Waals surface area contributed by atoms with Crippen molar-refractivity contribution in [3.05, 3.63) is 5.89 Å². The van der Waals surface area contributed by atoms with Crippen LogP contribution in [0.2, 0.25) is 0 Å². The summed E-state index contributed by atoms with van der Waals surface area (Å²) in [5.74, 6) is 1.57. The van der Waals surface area contributed by atoms with Gasteiger partial charge in [-0.2, -0.15) is 5.26 Å². The zero-order chi connectivity index (χ0) is 13.9. The minimum absolute atomic E-state index is 0.0691. The van der Waals surface area contributed by atoms with Crippen LogP contribution in [0.25, 0.3) is 0 Å². The molecule has 0 saturated carbocycles. The number of hydrogen-bond acceptors (Lipinski definition) is 7. The lowest BCUT2D eigenvalue weighted by atomic mass is 10.1. The molecule has 0 bridgehead atoms. The van der Waals surface area contributed by atoms with Crippen molar-refractivity contribution in [2.75, 3.05) is 17.3 Å². The highest BCUT2D eigenvalue weighted by molar-refractivity contribution is 7.99. The smallest absolute Gasteiger partial charge is 0.276 e. The van der Waals surface area contributed by atoms with E-state index in [0.29, 0.717) is 29.7 Å². The molecule has 0 spiro atoms. The third-order valence-electron chi connectivity index (χ3n) is 2.92. The standard InChI is InChI=1S/C11H15N3O3S2/c1-8(5-12)6-18-11-14-13-10(17-11)4-9-2-3-19(15,16)7-9/h8-9H,2-4,6-7H2,1H3/t8-,9+/m0/s1. The second-order valence-corrected chi connectivity index (χ2v) is 7.98. The van der Waals surface area contributed by atoms with Crippen LogP contribution in [0.15, 0.2) is 9.64 Å². The maximum absolute atomic E-state index is 11.3. The van der Waals surface area contributed by atoms with Gasteiger partial charge in [0.05, 0.1) is 23.5 Å². The van der Waals surface area contributed by atoms with Gasteiger partial charge >= 0.3 is 0 Å². The molecule has 2 rings (SSSR count). The van der Waals surface area contributed by atoms with Crippen LogP contribution in [0.4, 0.5) is 0 Å². The largest absolute Gasteiger partial charge is 0.416 e. The summed E-state index contributed by atoms with van der Waals surface area (Å²) in [7, 11) is -2.86. The monoisotopic (exact) mass is 301 g/mol. The summed E-state index contributed by atoms with van der Waals surface area (Å²) in [6, 6.07) is 2.13. The summed E-state index contributed by atoms with van der Waals surface area (Å²) in [6.45, 7) is 1.83. The lowest BCUT2D eigenvalue weighted by molar-refractivity contribution is 0.389. The predicted octanol–water partition coefficient (Wildman–Crippen LogP) is 1.30. The predicted molar refractivity (Wildman–Crippen MR) is 70.3 cm³/mol. The van der Waals surface area contributed by atoms with Crippen molar-refractivity contribution in [2.45, 2.75) is 25.0 Å². The Bertz CT molecular complexity index is 576. The number of rotatable bonds is 5. The van der Waals surface area contributed by atoms with Crippen LogP contribution < -0.4 is 0 Å². The third-order valence-corrected chi connectivity index (χ3v) is 5.83. The number of thioether (sulfide) groups is 1. The van der Waals surface area contributed by atoms with Crippen LogP contribution in [0, 0.1) is 23.2 Å². The van der Waals surface area contributed by atoms with Crippen molar-refractivity contribution in [1.29, 1.82) is 5.26 Å². The van der Waals surface area contributed by atoms with E-state index in [4.69, 9.17) is 9.68 Å². The lowest BCUT2D eigenvalue weighted by Crippen LogP contribution is -2.07. The van der Waals surface area contributed by atoms with Gasteiger partial charge in [0.2, 0.25) is 5.89 Å². The van der Waals surface area contributed by atoms with Crippen molar-refractivity contribution < 1.29 is 12.8 Å². The Morgan fingerprint density at radius 2 is 2.37 bits per heavy atom. The fraction of sp³-hybridized carbons (Fsp3) is 0.727. The second-order valence-electron chi connectivity index (χ2n) is 4.78. The Morgan fingerprint density at radius 3 is 3.00 bits per heavy atom. The fourth-order valence-corrected chi connectivity index (χ4v) is 4.48. The molecule has 19 heavy (non-hydrogen) atoms. The molecule has 1 aliphatic heterocycles. The fourth-order valence-electron chi connectivity index (χ4n) is 1.89. The van der Waals surface area contributed by atoms with E-state index in [1.807, 2.05) is 6.92 Å². The molecule has 1 saturated heterocycles. The topological polar surface area (TPSA) is 96.9 Å². The Hall–Kier alpha value is -1.07. The quantitative estimate of drug-likeness (QED) is 0.756. The van der Waals surface area contributed by atoms with Gasteiger partial charge in [-0.15, -0.1) is 10.2 Å². The lowest BCUT2D eigenvalue weighted by Gasteiger charge is -2.01. The summed E-state index contributed by atoms with van der Waals surface area (Å²) >= 11 is 1.35. The van der Waals surface area contributed by atoms with Crippen LogP contribution in [-0.4, -0.2) is 35.9 Å². The highest BCUT2D eigenvalue weighted by atomic mass is 32.2. The molecule has 0 radical (unpaired) electrons. The van der Waals surface area contributed by atoms with Crippen molar-refractivity contribution in [3.63, 3.8) is 0 Å². The molecule has 1 aromatic heterocycles. The van der Waals surface area contributed by atoms with Gasteiger partial charge in [-0.05, 0) is 19.3 Å². The molecule has 1 aromatic rings. The number of nitrogens with zero attached hydrogens (tertiary/aromatic N) is 3.